The zero-order valence-electron chi connectivity index (χ0n) is 11.1. The van der Waals surface area contributed by atoms with Crippen LogP contribution in [-0.2, 0) is 13.5 Å². The molecule has 1 unspecified atom stereocenters. The average Bonchev–Trinajstić information content (AvgIpc) is 2.96. The van der Waals surface area contributed by atoms with Crippen molar-refractivity contribution in [2.24, 2.45) is 12.8 Å². The maximum absolute atomic E-state index is 6.22. The van der Waals surface area contributed by atoms with Crippen molar-refractivity contribution in [3.05, 3.63) is 53.7 Å². The molecule has 0 aliphatic rings. The van der Waals surface area contributed by atoms with Crippen LogP contribution in [0.25, 0.3) is 11.0 Å². The third-order valence-electron chi connectivity index (χ3n) is 3.46. The lowest BCUT2D eigenvalue weighted by molar-refractivity contribution is 0.527. The number of imidazole rings is 1. The van der Waals surface area contributed by atoms with E-state index >= 15 is 0 Å². The number of fused-ring (bicyclic) bond motifs is 1. The van der Waals surface area contributed by atoms with Gasteiger partial charge in [0.2, 0.25) is 0 Å². The molecule has 3 aromatic rings. The first kappa shape index (κ1) is 12.0. The highest BCUT2D eigenvalue weighted by molar-refractivity contribution is 5.75. The first-order valence-corrected chi connectivity index (χ1v) is 6.36. The van der Waals surface area contributed by atoms with Crippen LogP contribution >= 0.6 is 0 Å². The minimum absolute atomic E-state index is 0.0898. The van der Waals surface area contributed by atoms with Gasteiger partial charge >= 0.3 is 0 Å². The van der Waals surface area contributed by atoms with Crippen molar-refractivity contribution < 1.29 is 4.42 Å². The van der Waals surface area contributed by atoms with Crippen LogP contribution in [0, 0.1) is 6.92 Å². The van der Waals surface area contributed by atoms with Gasteiger partial charge in [0.25, 0.3) is 0 Å². The largest absolute Gasteiger partial charge is 0.469 e. The summed E-state index contributed by atoms with van der Waals surface area (Å²) in [6, 6.07) is 10.00. The average molecular weight is 255 g/mol. The molecule has 0 saturated heterocycles. The number of hydrogen-bond donors (Lipinski definition) is 1. The molecule has 0 saturated carbocycles. The number of benzene rings is 1. The van der Waals surface area contributed by atoms with Gasteiger partial charge in [-0.2, -0.15) is 0 Å². The lowest BCUT2D eigenvalue weighted by atomic mass is 10.1. The molecular formula is C15H17N3O. The Labute approximate surface area is 111 Å². The zero-order chi connectivity index (χ0) is 13.4. The van der Waals surface area contributed by atoms with Gasteiger partial charge in [-0.1, -0.05) is 12.1 Å². The Morgan fingerprint density at radius 2 is 2.16 bits per heavy atom. The molecule has 98 valence electrons. The van der Waals surface area contributed by atoms with Gasteiger partial charge in [0.05, 0.1) is 17.3 Å². The molecule has 1 aromatic carbocycles. The first-order valence-electron chi connectivity index (χ1n) is 6.36. The summed E-state index contributed by atoms with van der Waals surface area (Å²) in [4.78, 5) is 4.64. The molecule has 19 heavy (non-hydrogen) atoms. The number of aromatic nitrogens is 2. The smallest absolute Gasteiger partial charge is 0.111 e. The Balaban J connectivity index is 1.91. The van der Waals surface area contributed by atoms with Crippen LogP contribution in [0.3, 0.4) is 0 Å². The standard InChI is InChI=1S/C15H17N3O/c1-10-7-11(9-19-10)12(16)8-15-17-13-5-3-4-6-14(13)18(15)2/h3-7,9,12H,8,16H2,1-2H3. The van der Waals surface area contributed by atoms with Crippen molar-refractivity contribution in [2.75, 3.05) is 0 Å². The Morgan fingerprint density at radius 1 is 1.37 bits per heavy atom. The fourth-order valence-corrected chi connectivity index (χ4v) is 2.35. The summed E-state index contributed by atoms with van der Waals surface area (Å²) in [5.41, 5.74) is 9.38. The maximum atomic E-state index is 6.22. The lowest BCUT2D eigenvalue weighted by Gasteiger charge is -2.09. The zero-order valence-corrected chi connectivity index (χ0v) is 11.1. The summed E-state index contributed by atoms with van der Waals surface area (Å²) >= 11 is 0. The fraction of sp³-hybridized carbons (Fsp3) is 0.267. The van der Waals surface area contributed by atoms with Crippen LogP contribution in [0.2, 0.25) is 0 Å². The second-order valence-corrected chi connectivity index (χ2v) is 4.88. The predicted molar refractivity (Wildman–Crippen MR) is 74.8 cm³/mol. The van der Waals surface area contributed by atoms with E-state index in [0.29, 0.717) is 6.42 Å². The fourth-order valence-electron chi connectivity index (χ4n) is 2.35. The molecule has 2 N–H and O–H groups in total. The summed E-state index contributed by atoms with van der Waals surface area (Å²) in [6.07, 6.45) is 2.42. The van der Waals surface area contributed by atoms with Crippen LogP contribution < -0.4 is 5.73 Å². The van der Waals surface area contributed by atoms with Crippen molar-refractivity contribution in [3.8, 4) is 0 Å². The van der Waals surface area contributed by atoms with E-state index in [9.17, 15) is 0 Å². The van der Waals surface area contributed by atoms with E-state index in [0.717, 1.165) is 28.2 Å². The van der Waals surface area contributed by atoms with Crippen molar-refractivity contribution >= 4 is 11.0 Å². The number of nitrogens with two attached hydrogens (primary N) is 1. The van der Waals surface area contributed by atoms with Crippen LogP contribution in [0.1, 0.15) is 23.2 Å². The van der Waals surface area contributed by atoms with Crippen molar-refractivity contribution in [1.29, 1.82) is 0 Å². The summed E-state index contributed by atoms with van der Waals surface area (Å²) in [6.45, 7) is 1.92. The second-order valence-electron chi connectivity index (χ2n) is 4.88. The van der Waals surface area contributed by atoms with Gasteiger partial charge in [-0.25, -0.2) is 4.98 Å². The van der Waals surface area contributed by atoms with Crippen LogP contribution in [-0.4, -0.2) is 9.55 Å². The minimum atomic E-state index is -0.0898. The molecule has 0 amide bonds. The number of para-hydroxylation sites is 2. The van der Waals surface area contributed by atoms with E-state index in [-0.39, 0.29) is 6.04 Å². The molecule has 2 aromatic heterocycles. The first-order chi connectivity index (χ1) is 9.15. The Hall–Kier alpha value is -2.07. The molecular weight excluding hydrogens is 238 g/mol. The van der Waals surface area contributed by atoms with Crippen LogP contribution in [0.5, 0.6) is 0 Å². The Morgan fingerprint density at radius 3 is 2.84 bits per heavy atom. The molecule has 0 radical (unpaired) electrons. The van der Waals surface area contributed by atoms with Crippen molar-refractivity contribution in [1.82, 2.24) is 9.55 Å². The topological polar surface area (TPSA) is 57.0 Å². The van der Waals surface area contributed by atoms with Crippen molar-refractivity contribution in [3.63, 3.8) is 0 Å². The molecule has 4 nitrogen and oxygen atoms in total. The highest BCUT2D eigenvalue weighted by Crippen LogP contribution is 2.21. The second kappa shape index (κ2) is 4.55. The van der Waals surface area contributed by atoms with Gasteiger partial charge < -0.3 is 14.7 Å². The highest BCUT2D eigenvalue weighted by atomic mass is 16.3. The molecule has 2 heterocycles. The number of furan rings is 1. The van der Waals surface area contributed by atoms with Gasteiger partial charge in [0.15, 0.2) is 0 Å². The molecule has 0 spiro atoms. The van der Waals surface area contributed by atoms with Gasteiger partial charge in [0, 0.05) is 25.1 Å². The van der Waals surface area contributed by atoms with Gasteiger partial charge in [-0.05, 0) is 25.1 Å². The van der Waals surface area contributed by atoms with E-state index in [1.54, 1.807) is 6.26 Å². The molecule has 0 aliphatic heterocycles. The quantitative estimate of drug-likeness (QED) is 0.783. The lowest BCUT2D eigenvalue weighted by Crippen LogP contribution is -2.15. The summed E-state index contributed by atoms with van der Waals surface area (Å²) in [7, 11) is 2.03. The predicted octanol–water partition coefficient (Wildman–Crippen LogP) is 2.72. The molecule has 1 atom stereocenters. The Kier molecular flexibility index (Phi) is 2.87. The molecule has 4 heteroatoms. The van der Waals surface area contributed by atoms with E-state index in [2.05, 4.69) is 15.6 Å². The van der Waals surface area contributed by atoms with Gasteiger partial charge in [-0.3, -0.25) is 0 Å². The third-order valence-corrected chi connectivity index (χ3v) is 3.46. The molecule has 0 fully saturated rings. The van der Waals surface area contributed by atoms with E-state index in [1.165, 1.54) is 0 Å². The third kappa shape index (κ3) is 2.15. The SMILES string of the molecule is Cc1cc(C(N)Cc2nc3ccccc3n2C)co1. The van der Waals surface area contributed by atoms with Crippen LogP contribution in [0.4, 0.5) is 0 Å². The number of rotatable bonds is 3. The normalized spacial score (nSPS) is 13.0. The van der Waals surface area contributed by atoms with Crippen LogP contribution in [0.15, 0.2) is 41.0 Å². The summed E-state index contributed by atoms with van der Waals surface area (Å²) < 4.78 is 7.40. The van der Waals surface area contributed by atoms with E-state index < -0.39 is 0 Å². The monoisotopic (exact) mass is 255 g/mol. The van der Waals surface area contributed by atoms with E-state index in [1.807, 2.05) is 38.2 Å². The summed E-state index contributed by atoms with van der Waals surface area (Å²) in [5, 5.41) is 0. The highest BCUT2D eigenvalue weighted by Gasteiger charge is 2.14. The number of nitrogens with zero attached hydrogens (tertiary/aromatic N) is 2. The summed E-state index contributed by atoms with van der Waals surface area (Å²) in [5.74, 6) is 1.88. The Bertz CT molecular complexity index is 711. The maximum Gasteiger partial charge on any atom is 0.111 e. The van der Waals surface area contributed by atoms with Gasteiger partial charge in [0.1, 0.15) is 11.6 Å². The van der Waals surface area contributed by atoms with Gasteiger partial charge in [-0.15, -0.1) is 0 Å². The van der Waals surface area contributed by atoms with Crippen molar-refractivity contribution in [2.45, 2.75) is 19.4 Å². The number of aryl methyl sites for hydroxylation is 2. The minimum Gasteiger partial charge on any atom is -0.469 e. The molecule has 3 rings (SSSR count). The molecule has 0 bridgehead atoms. The number of hydrogen-bond acceptors (Lipinski definition) is 3. The molecule has 0 aliphatic carbocycles. The van der Waals surface area contributed by atoms with E-state index in [4.69, 9.17) is 10.2 Å².